The second-order valence-corrected chi connectivity index (χ2v) is 5.94. The molecule has 1 amide bonds. The second-order valence-electron chi connectivity index (χ2n) is 5.94. The molecule has 0 spiro atoms. The number of amides is 1. The summed E-state index contributed by atoms with van der Waals surface area (Å²) in [6, 6.07) is 6.02. The average Bonchev–Trinajstić information content (AvgIpc) is 2.90. The van der Waals surface area contributed by atoms with Gasteiger partial charge in [-0.1, -0.05) is 13.0 Å². The quantitative estimate of drug-likeness (QED) is 0.905. The van der Waals surface area contributed by atoms with Crippen LogP contribution in [0.2, 0.25) is 0 Å². The molecule has 0 fully saturated rings. The lowest BCUT2D eigenvalue weighted by atomic mass is 10.00. The molecule has 0 saturated heterocycles. The molecule has 1 aliphatic heterocycles. The largest absolute Gasteiger partial charge is 0.361 e. The first-order chi connectivity index (χ1) is 10.7. The minimum atomic E-state index is -0.0394. The molecule has 0 aliphatic carbocycles. The Kier molecular flexibility index (Phi) is 4.29. The summed E-state index contributed by atoms with van der Waals surface area (Å²) in [7, 11) is 0. The molecule has 116 valence electrons. The lowest BCUT2D eigenvalue weighted by Crippen LogP contribution is -2.30. The van der Waals surface area contributed by atoms with Crippen LogP contribution in [0.4, 0.5) is 5.69 Å². The van der Waals surface area contributed by atoms with Crippen LogP contribution in [0.25, 0.3) is 16.5 Å². The van der Waals surface area contributed by atoms with Crippen LogP contribution in [0.5, 0.6) is 0 Å². The number of hydrogen-bond donors (Lipinski definition) is 2. The van der Waals surface area contributed by atoms with Gasteiger partial charge in [0.2, 0.25) is 5.91 Å². The molecule has 2 heterocycles. The summed E-state index contributed by atoms with van der Waals surface area (Å²) < 4.78 is 0. The van der Waals surface area contributed by atoms with Crippen molar-refractivity contribution in [3.05, 3.63) is 36.0 Å². The predicted molar refractivity (Wildman–Crippen MR) is 91.9 cm³/mol. The fourth-order valence-corrected chi connectivity index (χ4v) is 3.18. The highest BCUT2D eigenvalue weighted by molar-refractivity contribution is 5.97. The molecule has 0 saturated carbocycles. The van der Waals surface area contributed by atoms with Crippen molar-refractivity contribution in [2.24, 2.45) is 0 Å². The molecule has 4 nitrogen and oxygen atoms in total. The molecule has 4 heteroatoms. The van der Waals surface area contributed by atoms with Crippen LogP contribution < -0.4 is 5.32 Å². The number of nitrogens with zero attached hydrogens (tertiary/aromatic N) is 1. The number of anilines is 1. The van der Waals surface area contributed by atoms with E-state index >= 15 is 0 Å². The van der Waals surface area contributed by atoms with E-state index < -0.39 is 0 Å². The van der Waals surface area contributed by atoms with Crippen LogP contribution in [-0.2, 0) is 4.79 Å². The highest BCUT2D eigenvalue weighted by Gasteiger charge is 2.16. The van der Waals surface area contributed by atoms with Crippen molar-refractivity contribution < 1.29 is 4.79 Å². The summed E-state index contributed by atoms with van der Waals surface area (Å²) in [6.45, 7) is 7.07. The molecule has 0 bridgehead atoms. The lowest BCUT2D eigenvalue weighted by molar-refractivity contribution is -0.114. The lowest BCUT2D eigenvalue weighted by Gasteiger charge is -2.26. The Labute approximate surface area is 131 Å². The standard InChI is InChI=1S/C18H23N3O/c1-3-8-21-9-4-5-14(12-21)17-11-19-18-7-6-15(10-16(17)18)20-13(2)22/h5-7,10-11,19H,3-4,8-9,12H2,1-2H3,(H,20,22). The van der Waals surface area contributed by atoms with E-state index in [4.69, 9.17) is 0 Å². The van der Waals surface area contributed by atoms with Crippen LogP contribution in [0.3, 0.4) is 0 Å². The van der Waals surface area contributed by atoms with Gasteiger partial charge in [0.15, 0.2) is 0 Å². The third-order valence-corrected chi connectivity index (χ3v) is 4.12. The van der Waals surface area contributed by atoms with Gasteiger partial charge in [-0.25, -0.2) is 0 Å². The highest BCUT2D eigenvalue weighted by atomic mass is 16.1. The number of carbonyl (C=O) groups is 1. The van der Waals surface area contributed by atoms with Gasteiger partial charge >= 0.3 is 0 Å². The summed E-state index contributed by atoms with van der Waals surface area (Å²) >= 11 is 0. The van der Waals surface area contributed by atoms with E-state index in [9.17, 15) is 4.79 Å². The van der Waals surface area contributed by atoms with Gasteiger partial charge in [-0.05, 0) is 43.2 Å². The van der Waals surface area contributed by atoms with Crippen LogP contribution in [-0.4, -0.2) is 35.4 Å². The summed E-state index contributed by atoms with van der Waals surface area (Å²) in [4.78, 5) is 17.1. The fourth-order valence-electron chi connectivity index (χ4n) is 3.18. The van der Waals surface area contributed by atoms with E-state index in [1.807, 2.05) is 12.1 Å². The van der Waals surface area contributed by atoms with E-state index in [0.717, 1.165) is 37.3 Å². The van der Waals surface area contributed by atoms with Crippen molar-refractivity contribution in [2.75, 3.05) is 25.0 Å². The number of fused-ring (bicyclic) bond motifs is 1. The molecule has 0 radical (unpaired) electrons. The Hall–Kier alpha value is -2.07. The third kappa shape index (κ3) is 3.07. The zero-order chi connectivity index (χ0) is 15.5. The van der Waals surface area contributed by atoms with E-state index in [1.54, 1.807) is 0 Å². The number of H-pyrrole nitrogens is 1. The molecule has 2 N–H and O–H groups in total. The van der Waals surface area contributed by atoms with Gasteiger partial charge in [0.1, 0.15) is 0 Å². The maximum Gasteiger partial charge on any atom is 0.221 e. The number of benzene rings is 1. The Morgan fingerprint density at radius 1 is 1.41 bits per heavy atom. The first kappa shape index (κ1) is 14.9. The molecule has 0 unspecified atom stereocenters. The Bertz CT molecular complexity index is 714. The van der Waals surface area contributed by atoms with Gasteiger partial charge in [0, 0.05) is 48.4 Å². The molecular weight excluding hydrogens is 274 g/mol. The first-order valence-corrected chi connectivity index (χ1v) is 7.98. The molecule has 1 aromatic heterocycles. The summed E-state index contributed by atoms with van der Waals surface area (Å²) in [5.41, 5.74) is 4.59. The molecular formula is C18H23N3O. The zero-order valence-electron chi connectivity index (χ0n) is 13.3. The van der Waals surface area contributed by atoms with Crippen LogP contribution in [0.15, 0.2) is 30.5 Å². The van der Waals surface area contributed by atoms with E-state index in [1.165, 1.54) is 29.9 Å². The number of carbonyl (C=O) groups excluding carboxylic acids is 1. The van der Waals surface area contributed by atoms with E-state index in [-0.39, 0.29) is 5.91 Å². The number of rotatable bonds is 4. The monoisotopic (exact) mass is 297 g/mol. The normalized spacial score (nSPS) is 15.8. The highest BCUT2D eigenvalue weighted by Crippen LogP contribution is 2.30. The second kappa shape index (κ2) is 6.36. The molecule has 2 aromatic rings. The summed E-state index contributed by atoms with van der Waals surface area (Å²) in [6.07, 6.45) is 6.73. The van der Waals surface area contributed by atoms with E-state index in [2.05, 4.69) is 40.5 Å². The third-order valence-electron chi connectivity index (χ3n) is 4.12. The van der Waals surface area contributed by atoms with Crippen molar-refractivity contribution >= 4 is 28.1 Å². The Morgan fingerprint density at radius 3 is 3.05 bits per heavy atom. The van der Waals surface area contributed by atoms with Crippen molar-refractivity contribution in [1.29, 1.82) is 0 Å². The number of hydrogen-bond acceptors (Lipinski definition) is 2. The number of nitrogens with one attached hydrogen (secondary N) is 2. The zero-order valence-corrected chi connectivity index (χ0v) is 13.3. The number of aromatic amines is 1. The van der Waals surface area contributed by atoms with Crippen molar-refractivity contribution in [3.63, 3.8) is 0 Å². The molecule has 22 heavy (non-hydrogen) atoms. The van der Waals surface area contributed by atoms with E-state index in [0.29, 0.717) is 0 Å². The minimum absolute atomic E-state index is 0.0394. The minimum Gasteiger partial charge on any atom is -0.361 e. The van der Waals surface area contributed by atoms with Crippen molar-refractivity contribution in [3.8, 4) is 0 Å². The maximum absolute atomic E-state index is 11.3. The van der Waals surface area contributed by atoms with Crippen molar-refractivity contribution in [2.45, 2.75) is 26.7 Å². The van der Waals surface area contributed by atoms with Gasteiger partial charge in [0.05, 0.1) is 0 Å². The van der Waals surface area contributed by atoms with Crippen molar-refractivity contribution in [1.82, 2.24) is 9.88 Å². The maximum atomic E-state index is 11.3. The first-order valence-electron chi connectivity index (χ1n) is 7.98. The van der Waals surface area contributed by atoms with Gasteiger partial charge in [-0.3, -0.25) is 9.69 Å². The topological polar surface area (TPSA) is 48.1 Å². The van der Waals surface area contributed by atoms with Crippen LogP contribution in [0.1, 0.15) is 32.3 Å². The SMILES string of the molecule is CCCN1CCC=C(c2c[nH]c3ccc(NC(C)=O)cc23)C1. The smallest absolute Gasteiger partial charge is 0.221 e. The Balaban J connectivity index is 1.93. The van der Waals surface area contributed by atoms with Crippen LogP contribution in [0, 0.1) is 0 Å². The molecule has 3 rings (SSSR count). The van der Waals surface area contributed by atoms with Gasteiger partial charge in [-0.15, -0.1) is 0 Å². The molecule has 0 atom stereocenters. The van der Waals surface area contributed by atoms with Crippen LogP contribution >= 0.6 is 0 Å². The van der Waals surface area contributed by atoms with Gasteiger partial charge in [0.25, 0.3) is 0 Å². The summed E-state index contributed by atoms with van der Waals surface area (Å²) in [5, 5.41) is 4.04. The number of aromatic nitrogens is 1. The summed E-state index contributed by atoms with van der Waals surface area (Å²) in [5.74, 6) is -0.0394. The van der Waals surface area contributed by atoms with Gasteiger partial charge in [-0.2, -0.15) is 0 Å². The molecule has 1 aliphatic rings. The van der Waals surface area contributed by atoms with Gasteiger partial charge < -0.3 is 10.3 Å². The fraction of sp³-hybridized carbons (Fsp3) is 0.389. The average molecular weight is 297 g/mol. The molecule has 1 aromatic carbocycles. The predicted octanol–water partition coefficient (Wildman–Crippen LogP) is 3.63. The Morgan fingerprint density at radius 2 is 2.27 bits per heavy atom.